The van der Waals surface area contributed by atoms with Crippen molar-refractivity contribution in [2.45, 2.75) is 38.5 Å². The molecule has 1 aliphatic heterocycles. The fourth-order valence-corrected chi connectivity index (χ4v) is 7.69. The Kier molecular flexibility index (Phi) is 6.75. The van der Waals surface area contributed by atoms with Crippen LogP contribution >= 0.6 is 0 Å². The zero-order chi connectivity index (χ0) is 34.0. The predicted molar refractivity (Wildman–Crippen MR) is 202 cm³/mol. The van der Waals surface area contributed by atoms with Crippen molar-refractivity contribution in [2.75, 3.05) is 4.90 Å². The zero-order valence-electron chi connectivity index (χ0n) is 28.6. The Labute approximate surface area is 292 Å². The minimum Gasteiger partial charge on any atom is -0.453 e. The highest BCUT2D eigenvalue weighted by Gasteiger charge is 2.42. The van der Waals surface area contributed by atoms with Gasteiger partial charge in [0.15, 0.2) is 29.0 Å². The molecule has 0 unspecified atom stereocenters. The minimum absolute atomic E-state index is 0.221. The van der Waals surface area contributed by atoms with Crippen LogP contribution in [0.25, 0.3) is 34.2 Å². The van der Waals surface area contributed by atoms with E-state index in [-0.39, 0.29) is 10.8 Å². The SMILES string of the molecule is CC1(C)c2ccc(-c3nc(-c4ccccc4)nc(-c4ccccc4)n3)cc2C(C)(C)c2cc(N3c4ccccc4Oc4ccccc43)ccc21. The van der Waals surface area contributed by atoms with Crippen LogP contribution in [0.15, 0.2) is 146 Å². The molecular weight excluding hydrogens is 613 g/mol. The average molecular weight is 649 g/mol. The predicted octanol–water partition coefficient (Wildman–Crippen LogP) is 11.4. The van der Waals surface area contributed by atoms with Gasteiger partial charge in [-0.15, -0.1) is 0 Å². The van der Waals surface area contributed by atoms with Gasteiger partial charge in [-0.05, 0) is 64.7 Å². The second-order valence-electron chi connectivity index (χ2n) is 14.2. The quantitative estimate of drug-likeness (QED) is 0.190. The van der Waals surface area contributed by atoms with Crippen molar-refractivity contribution >= 4 is 17.1 Å². The van der Waals surface area contributed by atoms with E-state index >= 15 is 0 Å². The number of hydrogen-bond acceptors (Lipinski definition) is 5. The minimum atomic E-state index is -0.310. The number of nitrogens with zero attached hydrogens (tertiary/aromatic N) is 4. The molecule has 242 valence electrons. The summed E-state index contributed by atoms with van der Waals surface area (Å²) in [4.78, 5) is 17.4. The number of benzene rings is 6. The molecule has 0 spiro atoms. The van der Waals surface area contributed by atoms with E-state index in [1.165, 1.54) is 22.3 Å². The summed E-state index contributed by atoms with van der Waals surface area (Å²) in [6, 6.07) is 50.5. The Balaban J connectivity index is 1.20. The molecule has 0 saturated heterocycles. The molecule has 1 aromatic heterocycles. The first-order chi connectivity index (χ1) is 24.3. The molecule has 2 heterocycles. The number of fused-ring (bicyclic) bond motifs is 4. The number of hydrogen-bond donors (Lipinski definition) is 0. The van der Waals surface area contributed by atoms with Gasteiger partial charge < -0.3 is 9.64 Å². The number of anilines is 3. The Hall–Kier alpha value is -6.07. The van der Waals surface area contributed by atoms with Crippen LogP contribution in [0.1, 0.15) is 49.9 Å². The average Bonchev–Trinajstić information content (AvgIpc) is 3.16. The third-order valence-corrected chi connectivity index (χ3v) is 10.4. The summed E-state index contributed by atoms with van der Waals surface area (Å²) < 4.78 is 6.33. The molecule has 0 fully saturated rings. The number of para-hydroxylation sites is 4. The summed E-state index contributed by atoms with van der Waals surface area (Å²) >= 11 is 0. The van der Waals surface area contributed by atoms with Crippen LogP contribution in [0.4, 0.5) is 17.1 Å². The van der Waals surface area contributed by atoms with Gasteiger partial charge in [-0.2, -0.15) is 0 Å². The molecule has 6 aromatic carbocycles. The van der Waals surface area contributed by atoms with Gasteiger partial charge in [0.2, 0.25) is 0 Å². The maximum Gasteiger partial charge on any atom is 0.164 e. The maximum atomic E-state index is 6.33. The lowest BCUT2D eigenvalue weighted by molar-refractivity contribution is 0.477. The molecule has 7 aromatic rings. The van der Waals surface area contributed by atoms with E-state index in [2.05, 4.69) is 93.3 Å². The van der Waals surface area contributed by atoms with Gasteiger partial charge in [-0.25, -0.2) is 15.0 Å². The van der Waals surface area contributed by atoms with Crippen molar-refractivity contribution in [3.05, 3.63) is 168 Å². The van der Waals surface area contributed by atoms with Crippen LogP contribution in [-0.2, 0) is 10.8 Å². The summed E-state index contributed by atoms with van der Waals surface area (Å²) in [5.74, 6) is 3.68. The second kappa shape index (κ2) is 11.2. The molecule has 0 atom stereocenters. The largest absolute Gasteiger partial charge is 0.453 e. The fraction of sp³-hybridized carbons (Fsp3) is 0.133. The topological polar surface area (TPSA) is 51.1 Å². The molecule has 0 bridgehead atoms. The Morgan fingerprint density at radius 2 is 0.860 bits per heavy atom. The molecule has 0 saturated carbocycles. The monoisotopic (exact) mass is 648 g/mol. The third-order valence-electron chi connectivity index (χ3n) is 10.4. The van der Waals surface area contributed by atoms with E-state index < -0.39 is 0 Å². The van der Waals surface area contributed by atoms with Crippen LogP contribution < -0.4 is 9.64 Å². The lowest BCUT2D eigenvalue weighted by atomic mass is 9.59. The normalized spacial score (nSPS) is 14.8. The van der Waals surface area contributed by atoms with E-state index in [9.17, 15) is 0 Å². The molecule has 5 nitrogen and oxygen atoms in total. The van der Waals surface area contributed by atoms with Gasteiger partial charge >= 0.3 is 0 Å². The van der Waals surface area contributed by atoms with Crippen LogP contribution in [0.2, 0.25) is 0 Å². The van der Waals surface area contributed by atoms with Crippen LogP contribution in [0, 0.1) is 0 Å². The molecule has 0 radical (unpaired) electrons. The van der Waals surface area contributed by atoms with E-state index in [4.69, 9.17) is 19.7 Å². The van der Waals surface area contributed by atoms with Crippen molar-refractivity contribution < 1.29 is 4.74 Å². The summed E-state index contributed by atoms with van der Waals surface area (Å²) in [5, 5.41) is 0. The Bertz CT molecular complexity index is 2310. The van der Waals surface area contributed by atoms with Gasteiger partial charge in [0, 0.05) is 33.2 Å². The number of ether oxygens (including phenoxy) is 1. The Morgan fingerprint density at radius 3 is 1.42 bits per heavy atom. The highest BCUT2D eigenvalue weighted by atomic mass is 16.5. The first-order valence-electron chi connectivity index (χ1n) is 17.1. The molecule has 1 aliphatic carbocycles. The molecule has 9 rings (SSSR count). The van der Waals surface area contributed by atoms with E-state index in [0.717, 1.165) is 45.3 Å². The first-order valence-corrected chi connectivity index (χ1v) is 17.1. The van der Waals surface area contributed by atoms with Crippen LogP contribution in [0.3, 0.4) is 0 Å². The first kappa shape index (κ1) is 30.0. The van der Waals surface area contributed by atoms with Gasteiger partial charge in [-0.1, -0.05) is 131 Å². The second-order valence-corrected chi connectivity index (χ2v) is 14.2. The van der Waals surface area contributed by atoms with Crippen molar-refractivity contribution in [2.24, 2.45) is 0 Å². The third kappa shape index (κ3) is 4.72. The van der Waals surface area contributed by atoms with E-state index in [0.29, 0.717) is 17.5 Å². The van der Waals surface area contributed by atoms with Gasteiger partial charge in [0.25, 0.3) is 0 Å². The number of aromatic nitrogens is 3. The van der Waals surface area contributed by atoms with Crippen LogP contribution in [-0.4, -0.2) is 15.0 Å². The molecular formula is C45H36N4O. The Morgan fingerprint density at radius 1 is 0.420 bits per heavy atom. The highest BCUT2D eigenvalue weighted by molar-refractivity contribution is 5.87. The molecule has 0 amide bonds. The van der Waals surface area contributed by atoms with Crippen molar-refractivity contribution in [3.63, 3.8) is 0 Å². The van der Waals surface area contributed by atoms with Gasteiger partial charge in [-0.3, -0.25) is 0 Å². The smallest absolute Gasteiger partial charge is 0.164 e. The summed E-state index contributed by atoms with van der Waals surface area (Å²) in [6.07, 6.45) is 0. The van der Waals surface area contributed by atoms with Crippen molar-refractivity contribution in [3.8, 4) is 45.7 Å². The summed E-state index contributed by atoms with van der Waals surface area (Å²) in [6.45, 7) is 9.35. The molecule has 0 N–H and O–H groups in total. The van der Waals surface area contributed by atoms with Gasteiger partial charge in [0.1, 0.15) is 0 Å². The highest BCUT2D eigenvalue weighted by Crippen LogP contribution is 2.54. The van der Waals surface area contributed by atoms with Crippen molar-refractivity contribution in [1.82, 2.24) is 15.0 Å². The summed E-state index contributed by atoms with van der Waals surface area (Å²) in [5.41, 5.74) is 10.7. The van der Waals surface area contributed by atoms with E-state index in [1.54, 1.807) is 0 Å². The standard InChI is InChI=1S/C45H36N4O/c1-44(2)33-25-23-31(43-47-41(29-15-7-5-8-16-29)46-42(48-43)30-17-9-6-10-18-30)27-35(33)45(3,4)36-28-32(24-26-34(36)44)49-37-19-11-13-21-39(37)50-40-22-14-12-20-38(40)49/h5-28H,1-4H3. The number of rotatable bonds is 4. The molecule has 2 aliphatic rings. The van der Waals surface area contributed by atoms with Gasteiger partial charge in [0.05, 0.1) is 11.4 Å². The zero-order valence-corrected chi connectivity index (χ0v) is 28.6. The van der Waals surface area contributed by atoms with E-state index in [1.807, 2.05) is 84.9 Å². The van der Waals surface area contributed by atoms with Crippen LogP contribution in [0.5, 0.6) is 11.5 Å². The maximum absolute atomic E-state index is 6.33. The molecule has 50 heavy (non-hydrogen) atoms. The lowest BCUT2D eigenvalue weighted by Gasteiger charge is -2.44. The van der Waals surface area contributed by atoms with Crippen molar-refractivity contribution in [1.29, 1.82) is 0 Å². The molecule has 5 heteroatoms. The summed E-state index contributed by atoms with van der Waals surface area (Å²) in [7, 11) is 0. The lowest BCUT2D eigenvalue weighted by Crippen LogP contribution is -2.36. The fourth-order valence-electron chi connectivity index (χ4n) is 7.69.